The lowest BCUT2D eigenvalue weighted by atomic mass is 11.9. The third kappa shape index (κ3) is 3.24. The van der Waals surface area contributed by atoms with Crippen molar-refractivity contribution in [2.75, 3.05) is 4.05 Å². The Morgan fingerprint density at radius 2 is 2.25 bits per heavy atom. The lowest BCUT2D eigenvalue weighted by Gasteiger charge is -1.59. The minimum Gasteiger partial charge on any atom is -0.171 e. The monoisotopic (exact) mass is 204 g/mol. The summed E-state index contributed by atoms with van der Waals surface area (Å²) in [4.78, 5) is 0. The molecule has 0 saturated carbocycles. The zero-order valence-corrected chi connectivity index (χ0v) is 5.88. The molecule has 3 heteroatoms. The molecule has 0 aromatic heterocycles. The second kappa shape index (κ2) is 4.24. The highest BCUT2D eigenvalue weighted by Gasteiger charge is 1.66. The minimum atomic E-state index is 0.599. The van der Waals surface area contributed by atoms with Crippen molar-refractivity contribution in [3.8, 4) is 0 Å². The summed E-state index contributed by atoms with van der Waals surface area (Å²) in [5, 5.41) is 0. The van der Waals surface area contributed by atoms with E-state index < -0.39 is 0 Å². The van der Waals surface area contributed by atoms with Crippen LogP contribution in [0.25, 0.3) is 0 Å². The van der Waals surface area contributed by atoms with Gasteiger partial charge in [0.2, 0.25) is 0 Å². The maximum atomic E-state index is 5.21. The molecule has 0 heterocycles. The molecule has 24 valence electrons. The summed E-state index contributed by atoms with van der Waals surface area (Å²) in [5.41, 5.74) is 0. The van der Waals surface area contributed by atoms with Gasteiger partial charge in [-0.15, -0.1) is 0 Å². The highest BCUT2D eigenvalue weighted by atomic mass is 127. The number of rotatable bonds is 1. The number of alkyl halides is 1. The van der Waals surface area contributed by atoms with Crippen molar-refractivity contribution in [2.24, 2.45) is 0 Å². The summed E-state index contributed by atoms with van der Waals surface area (Å²) >= 11 is 7.44. The van der Waals surface area contributed by atoms with Gasteiger partial charge in [-0.2, -0.15) is 11.1 Å². The van der Waals surface area contributed by atoms with E-state index >= 15 is 0 Å². The van der Waals surface area contributed by atoms with Crippen LogP contribution in [0.4, 0.5) is 0 Å². The van der Waals surface area contributed by atoms with Crippen LogP contribution in [0, 0.1) is 0 Å². The first kappa shape index (κ1) is 5.24. The van der Waals surface area contributed by atoms with Crippen LogP contribution in [-0.2, 0) is 0 Å². The van der Waals surface area contributed by atoms with Crippen molar-refractivity contribution in [1.29, 1.82) is 0 Å². The zero-order chi connectivity index (χ0) is 3.41. The second-order valence-electron chi connectivity index (χ2n) is 0.267. The molecule has 0 saturated heterocycles. The molecular weight excluding hydrogens is 202 g/mol. The Bertz CT molecular complexity index is 10.0. The van der Waals surface area contributed by atoms with Crippen LogP contribution < -0.4 is 0 Å². The molecule has 2 radical (unpaired) electrons. The number of halogens is 2. The molecular formula is CH2ClISi. The van der Waals surface area contributed by atoms with Crippen molar-refractivity contribution in [1.82, 2.24) is 0 Å². The molecule has 0 spiro atoms. The maximum absolute atomic E-state index is 5.21. The topological polar surface area (TPSA) is 0 Å². The molecule has 0 atom stereocenters. The van der Waals surface area contributed by atoms with Crippen molar-refractivity contribution in [3.63, 3.8) is 0 Å². The van der Waals surface area contributed by atoms with E-state index in [2.05, 4.69) is 22.6 Å². The lowest BCUT2D eigenvalue weighted by molar-refractivity contribution is 2.35. The van der Waals surface area contributed by atoms with Crippen LogP contribution in [0.2, 0.25) is 0 Å². The first-order chi connectivity index (χ1) is 1.91. The Kier molecular flexibility index (Phi) is 5.55. The van der Waals surface area contributed by atoms with Crippen molar-refractivity contribution < 1.29 is 0 Å². The Hall–Kier alpha value is 1.24. The Morgan fingerprint density at radius 3 is 2.25 bits per heavy atom. The summed E-state index contributed by atoms with van der Waals surface area (Å²) in [7, 11) is 0.599. The fourth-order valence-electron chi connectivity index (χ4n) is 0. The lowest BCUT2D eigenvalue weighted by Crippen LogP contribution is -1.70. The predicted octanol–water partition coefficient (Wildman–Crippen LogP) is 1.24. The summed E-state index contributed by atoms with van der Waals surface area (Å²) in [6.07, 6.45) is 0. The maximum Gasteiger partial charge on any atom is 0.182 e. The smallest absolute Gasteiger partial charge is 0.171 e. The molecule has 0 N–H and O–H groups in total. The molecule has 0 rings (SSSR count). The number of hydrogen-bond donors (Lipinski definition) is 0. The molecule has 0 fully saturated rings. The van der Waals surface area contributed by atoms with E-state index in [-0.39, 0.29) is 0 Å². The molecule has 0 aliphatic rings. The average molecular weight is 204 g/mol. The number of hydrogen-bond acceptors (Lipinski definition) is 0. The van der Waals surface area contributed by atoms with Crippen molar-refractivity contribution >= 4 is 42.5 Å². The van der Waals surface area contributed by atoms with E-state index in [1.807, 2.05) is 0 Å². The molecule has 0 aromatic carbocycles. The van der Waals surface area contributed by atoms with Gasteiger partial charge >= 0.3 is 0 Å². The molecule has 0 aliphatic heterocycles. The van der Waals surface area contributed by atoms with Gasteiger partial charge in [0.1, 0.15) is 0 Å². The summed E-state index contributed by atoms with van der Waals surface area (Å²) in [6.45, 7) is 0. The predicted molar refractivity (Wildman–Crippen MR) is 30.5 cm³/mol. The summed E-state index contributed by atoms with van der Waals surface area (Å²) in [6, 6.07) is 0. The third-order valence-corrected chi connectivity index (χ3v) is 3.05. The van der Waals surface area contributed by atoms with Gasteiger partial charge in [-0.05, 0) is 0 Å². The quantitative estimate of drug-likeness (QED) is 0.261. The SMILES string of the molecule is Cl[Si]CI. The fourth-order valence-corrected chi connectivity index (χ4v) is 0. The van der Waals surface area contributed by atoms with Crippen molar-refractivity contribution in [2.45, 2.75) is 0 Å². The minimum absolute atomic E-state index is 0.599. The molecule has 0 aromatic rings. The average Bonchev–Trinajstić information content (AvgIpc) is 1.37. The van der Waals surface area contributed by atoms with E-state index in [4.69, 9.17) is 11.1 Å². The van der Waals surface area contributed by atoms with Gasteiger partial charge in [-0.3, -0.25) is 0 Å². The molecule has 0 amide bonds. The van der Waals surface area contributed by atoms with Crippen LogP contribution in [0.3, 0.4) is 0 Å². The summed E-state index contributed by atoms with van der Waals surface area (Å²) < 4.78 is 1.08. The highest BCUT2D eigenvalue weighted by molar-refractivity contribution is 14.1. The Balaban J connectivity index is 1.97. The van der Waals surface area contributed by atoms with Gasteiger partial charge in [-0.1, -0.05) is 22.6 Å². The van der Waals surface area contributed by atoms with Crippen LogP contribution in [0.15, 0.2) is 0 Å². The van der Waals surface area contributed by atoms with Crippen molar-refractivity contribution in [3.05, 3.63) is 0 Å². The fraction of sp³-hybridized carbons (Fsp3) is 1.00. The van der Waals surface area contributed by atoms with Crippen LogP contribution >= 0.6 is 33.7 Å². The second-order valence-corrected chi connectivity index (χ2v) is 3.89. The summed E-state index contributed by atoms with van der Waals surface area (Å²) in [5.74, 6) is 0. The van der Waals surface area contributed by atoms with E-state index in [1.165, 1.54) is 0 Å². The van der Waals surface area contributed by atoms with Gasteiger partial charge in [0.25, 0.3) is 0 Å². The first-order valence-corrected chi connectivity index (χ1v) is 4.55. The standard InChI is InChI=1S/CH2ClISi/c2-4-1-3/h1H2. The van der Waals surface area contributed by atoms with Crippen LogP contribution in [-0.4, -0.2) is 12.9 Å². The normalized spacial score (nSPS) is 7.50. The largest absolute Gasteiger partial charge is 0.182 e. The Morgan fingerprint density at radius 1 is 2.00 bits per heavy atom. The molecule has 0 aliphatic carbocycles. The van der Waals surface area contributed by atoms with Gasteiger partial charge < -0.3 is 0 Å². The zero-order valence-electron chi connectivity index (χ0n) is 1.96. The molecule has 0 nitrogen and oxygen atoms in total. The highest BCUT2D eigenvalue weighted by Crippen LogP contribution is 1.76. The van der Waals surface area contributed by atoms with E-state index in [0.717, 1.165) is 4.05 Å². The van der Waals surface area contributed by atoms with E-state index in [0.29, 0.717) is 8.83 Å². The van der Waals surface area contributed by atoms with Crippen LogP contribution in [0.1, 0.15) is 0 Å². The first-order valence-electron chi connectivity index (χ1n) is 0.810. The van der Waals surface area contributed by atoms with Crippen LogP contribution in [0.5, 0.6) is 0 Å². The third-order valence-electron chi connectivity index (χ3n) is 0.0505. The molecule has 0 unspecified atom stereocenters. The molecule has 4 heavy (non-hydrogen) atoms. The van der Waals surface area contributed by atoms with Gasteiger partial charge in [-0.25, -0.2) is 0 Å². The van der Waals surface area contributed by atoms with Gasteiger partial charge in [0.05, 0.1) is 0 Å². The molecule has 0 bridgehead atoms. The van der Waals surface area contributed by atoms with E-state index in [9.17, 15) is 0 Å². The van der Waals surface area contributed by atoms with Gasteiger partial charge in [0, 0.05) is 4.05 Å². The Labute approximate surface area is 46.6 Å². The van der Waals surface area contributed by atoms with E-state index in [1.54, 1.807) is 0 Å². The van der Waals surface area contributed by atoms with Gasteiger partial charge in [0.15, 0.2) is 8.83 Å².